The molecule has 0 atom stereocenters. The molecule has 0 aliphatic heterocycles. The first-order chi connectivity index (χ1) is 18.9. The zero-order chi connectivity index (χ0) is 29.1. The lowest BCUT2D eigenvalue weighted by Gasteiger charge is -2.21. The summed E-state index contributed by atoms with van der Waals surface area (Å²) in [7, 11) is -3.93. The van der Waals surface area contributed by atoms with E-state index in [1.165, 1.54) is 12.1 Å². The van der Waals surface area contributed by atoms with Gasteiger partial charge in [-0.3, -0.25) is 0 Å². The molecule has 0 aliphatic rings. The molecule has 1 aromatic heterocycles. The molecular formula is C31H30FN3O4S. The minimum Gasteiger partial charge on any atom is -0.462 e. The summed E-state index contributed by atoms with van der Waals surface area (Å²) in [6, 6.07) is 19.8. The molecule has 7 nitrogen and oxygen atoms in total. The number of ether oxygens (including phenoxy) is 1. The first-order valence-corrected chi connectivity index (χ1v) is 14.2. The number of hydrogen-bond acceptors (Lipinski definition) is 5. The second kappa shape index (κ2) is 11.5. The molecule has 0 amide bonds. The summed E-state index contributed by atoms with van der Waals surface area (Å²) in [4.78, 5) is 12.8. The number of carbonyl (C=O) groups is 1. The number of rotatable bonds is 8. The monoisotopic (exact) mass is 559 g/mol. The standard InChI is InChI=1S/C31H30FN3O4S/c1-5-39-30(36)28-20-35(18-22-8-6-7-21(15-22)17-33)19-27(28)24-11-9-23(10-12-24)26-16-25(32)13-14-29(26)40(37,38)34-31(2,3)4/h6-16,19-20,34H,5,18H2,1-4H3. The Kier molecular flexibility index (Phi) is 8.24. The second-order valence-corrected chi connectivity index (χ2v) is 12.0. The minimum atomic E-state index is -3.93. The van der Waals surface area contributed by atoms with Crippen LogP contribution in [0.15, 0.2) is 84.0 Å². The van der Waals surface area contributed by atoms with Crippen LogP contribution in [0.2, 0.25) is 0 Å². The van der Waals surface area contributed by atoms with Crippen molar-refractivity contribution in [2.75, 3.05) is 6.61 Å². The zero-order valence-corrected chi connectivity index (χ0v) is 23.5. The van der Waals surface area contributed by atoms with Gasteiger partial charge >= 0.3 is 5.97 Å². The van der Waals surface area contributed by atoms with Gasteiger partial charge < -0.3 is 9.30 Å². The molecular weight excluding hydrogens is 529 g/mol. The molecule has 0 aliphatic carbocycles. The Bertz CT molecular complexity index is 1700. The molecule has 1 heterocycles. The molecule has 40 heavy (non-hydrogen) atoms. The largest absolute Gasteiger partial charge is 0.462 e. The third-order valence-electron chi connectivity index (χ3n) is 5.98. The van der Waals surface area contributed by atoms with Crippen LogP contribution in [-0.2, 0) is 21.3 Å². The Labute approximate surface area is 233 Å². The molecule has 0 spiro atoms. The van der Waals surface area contributed by atoms with Crippen LogP contribution in [0, 0.1) is 17.1 Å². The van der Waals surface area contributed by atoms with Gasteiger partial charge in [-0.25, -0.2) is 22.3 Å². The van der Waals surface area contributed by atoms with Crippen LogP contribution in [-0.4, -0.2) is 31.1 Å². The summed E-state index contributed by atoms with van der Waals surface area (Å²) < 4.78 is 50.2. The van der Waals surface area contributed by atoms with Crippen molar-refractivity contribution in [1.82, 2.24) is 9.29 Å². The zero-order valence-electron chi connectivity index (χ0n) is 22.7. The van der Waals surface area contributed by atoms with Crippen LogP contribution in [0.4, 0.5) is 4.39 Å². The Balaban J connectivity index is 1.73. The van der Waals surface area contributed by atoms with Crippen molar-refractivity contribution in [3.05, 3.63) is 102 Å². The fourth-order valence-corrected chi connectivity index (χ4v) is 6.03. The summed E-state index contributed by atoms with van der Waals surface area (Å²) >= 11 is 0. The predicted molar refractivity (Wildman–Crippen MR) is 152 cm³/mol. The lowest BCUT2D eigenvalue weighted by molar-refractivity contribution is 0.0527. The second-order valence-electron chi connectivity index (χ2n) is 10.4. The van der Waals surface area contributed by atoms with E-state index in [1.54, 1.807) is 76.4 Å². The highest BCUT2D eigenvalue weighted by Crippen LogP contribution is 2.32. The smallest absolute Gasteiger partial charge is 0.340 e. The Morgan fingerprint density at radius 1 is 1.00 bits per heavy atom. The molecule has 0 unspecified atom stereocenters. The van der Waals surface area contributed by atoms with Gasteiger partial charge in [-0.1, -0.05) is 36.4 Å². The number of benzene rings is 3. The van der Waals surface area contributed by atoms with Crippen molar-refractivity contribution in [3.8, 4) is 28.3 Å². The number of hydrogen-bond donors (Lipinski definition) is 1. The molecule has 0 fully saturated rings. The van der Waals surface area contributed by atoms with E-state index in [2.05, 4.69) is 10.8 Å². The summed E-state index contributed by atoms with van der Waals surface area (Å²) in [5.74, 6) is -1.03. The quantitative estimate of drug-likeness (QED) is 0.262. The number of nitriles is 1. The van der Waals surface area contributed by atoms with E-state index in [0.717, 1.165) is 11.6 Å². The topological polar surface area (TPSA) is 101 Å². The van der Waals surface area contributed by atoms with Crippen molar-refractivity contribution in [2.24, 2.45) is 0 Å². The van der Waals surface area contributed by atoms with E-state index in [0.29, 0.717) is 34.4 Å². The lowest BCUT2D eigenvalue weighted by Crippen LogP contribution is -2.40. The lowest BCUT2D eigenvalue weighted by atomic mass is 9.99. The highest BCUT2D eigenvalue weighted by Gasteiger charge is 2.25. The number of sulfonamides is 1. The van der Waals surface area contributed by atoms with Crippen molar-refractivity contribution in [3.63, 3.8) is 0 Å². The maximum atomic E-state index is 14.3. The average Bonchev–Trinajstić information content (AvgIpc) is 3.31. The highest BCUT2D eigenvalue weighted by atomic mass is 32.2. The molecule has 0 bridgehead atoms. The number of halogens is 1. The van der Waals surface area contributed by atoms with Gasteiger partial charge in [0.05, 0.1) is 28.7 Å². The average molecular weight is 560 g/mol. The number of nitrogens with one attached hydrogen (secondary N) is 1. The van der Waals surface area contributed by atoms with Gasteiger partial charge in [0.25, 0.3) is 0 Å². The summed E-state index contributed by atoms with van der Waals surface area (Å²) in [5, 5.41) is 9.21. The van der Waals surface area contributed by atoms with Crippen LogP contribution in [0.1, 0.15) is 49.2 Å². The first kappa shape index (κ1) is 28.7. The fraction of sp³-hybridized carbons (Fsp3) is 0.226. The third kappa shape index (κ3) is 6.65. The predicted octanol–water partition coefficient (Wildman–Crippen LogP) is 6.13. The number of aromatic nitrogens is 1. The van der Waals surface area contributed by atoms with Crippen molar-refractivity contribution < 1.29 is 22.3 Å². The van der Waals surface area contributed by atoms with Crippen molar-refractivity contribution in [1.29, 1.82) is 5.26 Å². The minimum absolute atomic E-state index is 0.0328. The van der Waals surface area contributed by atoms with E-state index in [1.807, 2.05) is 16.8 Å². The van der Waals surface area contributed by atoms with E-state index < -0.39 is 27.3 Å². The number of carbonyl (C=O) groups excluding carboxylic acids is 1. The van der Waals surface area contributed by atoms with Gasteiger partial charge in [0.2, 0.25) is 10.0 Å². The van der Waals surface area contributed by atoms with Crippen LogP contribution >= 0.6 is 0 Å². The molecule has 3 aromatic carbocycles. The summed E-state index contributed by atoms with van der Waals surface area (Å²) in [6.07, 6.45) is 3.53. The van der Waals surface area contributed by atoms with Crippen LogP contribution in [0.3, 0.4) is 0 Å². The molecule has 0 saturated carbocycles. The van der Waals surface area contributed by atoms with Crippen LogP contribution in [0.5, 0.6) is 0 Å². The Hall–Kier alpha value is -4.26. The Morgan fingerprint density at radius 3 is 2.30 bits per heavy atom. The van der Waals surface area contributed by atoms with Gasteiger partial charge in [0, 0.05) is 35.6 Å². The summed E-state index contributed by atoms with van der Waals surface area (Å²) in [6.45, 7) is 7.58. The molecule has 4 rings (SSSR count). The molecule has 9 heteroatoms. The molecule has 0 saturated heterocycles. The van der Waals surface area contributed by atoms with Crippen LogP contribution < -0.4 is 4.72 Å². The van der Waals surface area contributed by atoms with E-state index in [9.17, 15) is 22.9 Å². The van der Waals surface area contributed by atoms with E-state index in [-0.39, 0.29) is 17.1 Å². The first-order valence-electron chi connectivity index (χ1n) is 12.7. The van der Waals surface area contributed by atoms with Gasteiger partial charge in [0.1, 0.15) is 5.82 Å². The summed E-state index contributed by atoms with van der Waals surface area (Å²) in [5.41, 5.74) is 3.15. The van der Waals surface area contributed by atoms with E-state index >= 15 is 0 Å². The highest BCUT2D eigenvalue weighted by molar-refractivity contribution is 7.89. The van der Waals surface area contributed by atoms with Crippen molar-refractivity contribution >= 4 is 16.0 Å². The fourth-order valence-electron chi connectivity index (χ4n) is 4.40. The molecule has 206 valence electrons. The van der Waals surface area contributed by atoms with Gasteiger partial charge in [-0.05, 0) is 74.7 Å². The SMILES string of the molecule is CCOC(=O)c1cn(Cc2cccc(C#N)c2)cc1-c1ccc(-c2cc(F)ccc2S(=O)(=O)NC(C)(C)C)cc1. The van der Waals surface area contributed by atoms with Gasteiger partial charge in [-0.2, -0.15) is 5.26 Å². The van der Waals surface area contributed by atoms with Gasteiger partial charge in [-0.15, -0.1) is 0 Å². The molecule has 0 radical (unpaired) electrons. The maximum absolute atomic E-state index is 14.3. The maximum Gasteiger partial charge on any atom is 0.340 e. The number of esters is 1. The third-order valence-corrected chi connectivity index (χ3v) is 7.79. The number of nitrogens with zero attached hydrogens (tertiary/aromatic N) is 2. The Morgan fingerprint density at radius 2 is 1.68 bits per heavy atom. The molecule has 1 N–H and O–H groups in total. The molecule has 4 aromatic rings. The van der Waals surface area contributed by atoms with E-state index in [4.69, 9.17) is 4.74 Å². The van der Waals surface area contributed by atoms with Crippen molar-refractivity contribution in [2.45, 2.75) is 44.7 Å². The van der Waals surface area contributed by atoms with Crippen LogP contribution in [0.25, 0.3) is 22.3 Å². The normalized spacial score (nSPS) is 11.7. The van der Waals surface area contributed by atoms with Gasteiger partial charge in [0.15, 0.2) is 0 Å².